The smallest absolute Gasteiger partial charge is 0.323 e. The van der Waals surface area contributed by atoms with E-state index in [1.807, 2.05) is 30.0 Å². The maximum absolute atomic E-state index is 10.9. The van der Waals surface area contributed by atoms with Gasteiger partial charge in [-0.1, -0.05) is 25.5 Å². The van der Waals surface area contributed by atoms with E-state index < -0.39 is 5.97 Å². The maximum atomic E-state index is 10.9. The van der Waals surface area contributed by atoms with Gasteiger partial charge in [-0.2, -0.15) is 0 Å². The van der Waals surface area contributed by atoms with E-state index in [2.05, 4.69) is 6.92 Å². The zero-order valence-corrected chi connectivity index (χ0v) is 10.4. The van der Waals surface area contributed by atoms with Crippen molar-refractivity contribution in [3.8, 4) is 0 Å². The van der Waals surface area contributed by atoms with Crippen molar-refractivity contribution in [2.24, 2.45) is 0 Å². The summed E-state index contributed by atoms with van der Waals surface area (Å²) in [6.07, 6.45) is 1.96. The van der Waals surface area contributed by atoms with Gasteiger partial charge < -0.3 is 15.7 Å². The fraction of sp³-hybridized carbons (Fsp3) is 0.462. The van der Waals surface area contributed by atoms with Crippen LogP contribution in [0.3, 0.4) is 0 Å². The Morgan fingerprint density at radius 3 is 2.65 bits per heavy atom. The molecule has 1 aromatic rings. The normalized spacial score (nSPS) is 12.1. The molecule has 1 unspecified atom stereocenters. The van der Waals surface area contributed by atoms with Crippen molar-refractivity contribution in [1.29, 1.82) is 0 Å². The first-order valence-corrected chi connectivity index (χ1v) is 5.89. The van der Waals surface area contributed by atoms with Gasteiger partial charge in [-0.3, -0.25) is 4.79 Å². The molecule has 4 heteroatoms. The Kier molecular flexibility index (Phi) is 4.82. The largest absolute Gasteiger partial charge is 0.480 e. The molecule has 0 fully saturated rings. The first kappa shape index (κ1) is 13.4. The first-order chi connectivity index (χ1) is 8.06. The second kappa shape index (κ2) is 6.13. The fourth-order valence-corrected chi connectivity index (χ4v) is 1.95. The number of benzene rings is 1. The van der Waals surface area contributed by atoms with Crippen molar-refractivity contribution in [1.82, 2.24) is 0 Å². The summed E-state index contributed by atoms with van der Waals surface area (Å²) in [6, 6.07) is 7.55. The number of carboxylic acid groups (broad SMARTS) is 1. The van der Waals surface area contributed by atoms with Crippen molar-refractivity contribution < 1.29 is 9.90 Å². The molecule has 94 valence electrons. The molecular formula is C13H20N2O2. The second-order valence-corrected chi connectivity index (χ2v) is 4.22. The Hall–Kier alpha value is -1.71. The van der Waals surface area contributed by atoms with Gasteiger partial charge in [0.1, 0.15) is 6.54 Å². The molecule has 0 aliphatic rings. The molecule has 0 amide bonds. The molecule has 0 radical (unpaired) electrons. The van der Waals surface area contributed by atoms with Crippen LogP contribution in [0.2, 0.25) is 0 Å². The number of carbonyl (C=O) groups is 1. The number of nitrogens with zero attached hydrogens (tertiary/aromatic N) is 1. The molecule has 3 N–H and O–H groups in total. The van der Waals surface area contributed by atoms with E-state index in [1.54, 1.807) is 6.07 Å². The molecule has 0 saturated carbocycles. The third kappa shape index (κ3) is 3.66. The van der Waals surface area contributed by atoms with E-state index in [4.69, 9.17) is 10.8 Å². The monoisotopic (exact) mass is 236 g/mol. The number of rotatable bonds is 6. The Labute approximate surface area is 102 Å². The summed E-state index contributed by atoms with van der Waals surface area (Å²) in [6.45, 7) is 4.10. The lowest BCUT2D eigenvalue weighted by molar-refractivity contribution is -0.135. The van der Waals surface area contributed by atoms with Gasteiger partial charge in [0, 0.05) is 6.04 Å². The van der Waals surface area contributed by atoms with Crippen LogP contribution in [0.15, 0.2) is 24.3 Å². The molecule has 0 aliphatic heterocycles. The van der Waals surface area contributed by atoms with Crippen molar-refractivity contribution >= 4 is 17.3 Å². The lowest BCUT2D eigenvalue weighted by atomic mass is 10.1. The number of hydrogen-bond donors (Lipinski definition) is 2. The first-order valence-electron chi connectivity index (χ1n) is 5.89. The van der Waals surface area contributed by atoms with Crippen LogP contribution in [0.25, 0.3) is 0 Å². The summed E-state index contributed by atoms with van der Waals surface area (Å²) < 4.78 is 0. The molecule has 0 aliphatic carbocycles. The highest BCUT2D eigenvalue weighted by Crippen LogP contribution is 2.25. The van der Waals surface area contributed by atoms with Crippen molar-refractivity contribution in [2.45, 2.75) is 32.7 Å². The predicted octanol–water partition coefficient (Wildman–Crippen LogP) is 2.35. The van der Waals surface area contributed by atoms with Crippen LogP contribution in [-0.2, 0) is 4.79 Å². The van der Waals surface area contributed by atoms with Gasteiger partial charge in [-0.05, 0) is 25.5 Å². The minimum atomic E-state index is -0.837. The second-order valence-electron chi connectivity index (χ2n) is 4.22. The van der Waals surface area contributed by atoms with Crippen LogP contribution < -0.4 is 10.6 Å². The number of carboxylic acids is 1. The Bertz CT molecular complexity index is 379. The summed E-state index contributed by atoms with van der Waals surface area (Å²) in [7, 11) is 0. The number of aliphatic carboxylic acids is 1. The van der Waals surface area contributed by atoms with Gasteiger partial charge in [0.05, 0.1) is 11.4 Å². The summed E-state index contributed by atoms with van der Waals surface area (Å²) in [5.41, 5.74) is 7.32. The molecular weight excluding hydrogens is 216 g/mol. The Morgan fingerprint density at radius 2 is 2.12 bits per heavy atom. The average molecular weight is 236 g/mol. The number of para-hydroxylation sites is 2. The van der Waals surface area contributed by atoms with Crippen LogP contribution in [0, 0.1) is 0 Å². The highest BCUT2D eigenvalue weighted by Gasteiger charge is 2.18. The van der Waals surface area contributed by atoms with Crippen LogP contribution >= 0.6 is 0 Å². The molecule has 0 aromatic heterocycles. The molecule has 0 bridgehead atoms. The molecule has 4 nitrogen and oxygen atoms in total. The lowest BCUT2D eigenvalue weighted by Crippen LogP contribution is -2.37. The van der Waals surface area contributed by atoms with E-state index in [-0.39, 0.29) is 12.6 Å². The maximum Gasteiger partial charge on any atom is 0.323 e. The van der Waals surface area contributed by atoms with Gasteiger partial charge in [-0.15, -0.1) is 0 Å². The summed E-state index contributed by atoms with van der Waals surface area (Å²) >= 11 is 0. The highest BCUT2D eigenvalue weighted by atomic mass is 16.4. The van der Waals surface area contributed by atoms with E-state index in [0.29, 0.717) is 5.69 Å². The molecule has 0 heterocycles. The quantitative estimate of drug-likeness (QED) is 0.744. The van der Waals surface area contributed by atoms with Gasteiger partial charge in [0.2, 0.25) is 0 Å². The zero-order valence-electron chi connectivity index (χ0n) is 10.4. The number of nitrogen functional groups attached to an aromatic ring is 1. The molecule has 1 rings (SSSR count). The standard InChI is InChI=1S/C13H20N2O2/c1-3-6-10(2)15(9-13(16)17)12-8-5-4-7-11(12)14/h4-5,7-8,10H,3,6,9,14H2,1-2H3,(H,16,17). The van der Waals surface area contributed by atoms with Crippen molar-refractivity contribution in [2.75, 3.05) is 17.2 Å². The van der Waals surface area contributed by atoms with E-state index in [9.17, 15) is 4.79 Å². The summed E-state index contributed by atoms with van der Waals surface area (Å²) in [5, 5.41) is 8.97. The zero-order chi connectivity index (χ0) is 12.8. The molecule has 0 saturated heterocycles. The molecule has 0 spiro atoms. The van der Waals surface area contributed by atoms with Gasteiger partial charge >= 0.3 is 5.97 Å². The van der Waals surface area contributed by atoms with E-state index in [0.717, 1.165) is 18.5 Å². The average Bonchev–Trinajstić information content (AvgIpc) is 2.27. The van der Waals surface area contributed by atoms with Gasteiger partial charge in [0.25, 0.3) is 0 Å². The minimum Gasteiger partial charge on any atom is -0.480 e. The van der Waals surface area contributed by atoms with E-state index >= 15 is 0 Å². The molecule has 17 heavy (non-hydrogen) atoms. The van der Waals surface area contributed by atoms with Crippen LogP contribution in [-0.4, -0.2) is 23.7 Å². The van der Waals surface area contributed by atoms with E-state index in [1.165, 1.54) is 0 Å². The van der Waals surface area contributed by atoms with Crippen molar-refractivity contribution in [3.05, 3.63) is 24.3 Å². The lowest BCUT2D eigenvalue weighted by Gasteiger charge is -2.30. The highest BCUT2D eigenvalue weighted by molar-refractivity contribution is 5.77. The van der Waals surface area contributed by atoms with Crippen LogP contribution in [0.5, 0.6) is 0 Å². The number of hydrogen-bond acceptors (Lipinski definition) is 3. The van der Waals surface area contributed by atoms with Gasteiger partial charge in [-0.25, -0.2) is 0 Å². The third-order valence-corrected chi connectivity index (χ3v) is 2.79. The topological polar surface area (TPSA) is 66.6 Å². The Morgan fingerprint density at radius 1 is 1.47 bits per heavy atom. The SMILES string of the molecule is CCCC(C)N(CC(=O)O)c1ccccc1N. The number of nitrogens with two attached hydrogens (primary N) is 1. The van der Waals surface area contributed by atoms with Crippen molar-refractivity contribution in [3.63, 3.8) is 0 Å². The molecule has 1 atom stereocenters. The summed E-state index contributed by atoms with van der Waals surface area (Å²) in [5.74, 6) is -0.837. The van der Waals surface area contributed by atoms with Crippen LogP contribution in [0.4, 0.5) is 11.4 Å². The fourth-order valence-electron chi connectivity index (χ4n) is 1.95. The predicted molar refractivity (Wildman–Crippen MR) is 70.2 cm³/mol. The third-order valence-electron chi connectivity index (χ3n) is 2.79. The number of anilines is 2. The molecule has 1 aromatic carbocycles. The Balaban J connectivity index is 2.97. The van der Waals surface area contributed by atoms with Crippen LogP contribution in [0.1, 0.15) is 26.7 Å². The summed E-state index contributed by atoms with van der Waals surface area (Å²) in [4.78, 5) is 12.8. The van der Waals surface area contributed by atoms with Gasteiger partial charge in [0.15, 0.2) is 0 Å². The minimum absolute atomic E-state index is 0.0185.